The third-order valence-electron chi connectivity index (χ3n) is 3.38. The highest BCUT2D eigenvalue weighted by atomic mass is 32.2. The van der Waals surface area contributed by atoms with E-state index in [1.165, 1.54) is 22.7 Å². The summed E-state index contributed by atoms with van der Waals surface area (Å²) >= 11 is 1.50. The first-order valence-corrected chi connectivity index (χ1v) is 9.70. The second-order valence-corrected chi connectivity index (χ2v) is 8.11. The predicted octanol–water partition coefficient (Wildman–Crippen LogP) is 3.85. The topological polar surface area (TPSA) is 63.7 Å². The van der Waals surface area contributed by atoms with Gasteiger partial charge in [0.25, 0.3) is 0 Å². The highest BCUT2D eigenvalue weighted by molar-refractivity contribution is 7.99. The maximum absolute atomic E-state index is 12.4. The van der Waals surface area contributed by atoms with Gasteiger partial charge in [-0.3, -0.25) is 0 Å². The maximum atomic E-state index is 12.4. The summed E-state index contributed by atoms with van der Waals surface area (Å²) in [5, 5.41) is 0. The molecule has 0 spiro atoms. The number of anilines is 2. The molecule has 0 fully saturated rings. The van der Waals surface area contributed by atoms with E-state index in [-0.39, 0.29) is 11.5 Å². The molecule has 0 N–H and O–H groups in total. The van der Waals surface area contributed by atoms with Crippen molar-refractivity contribution in [2.75, 3.05) is 17.8 Å². The van der Waals surface area contributed by atoms with E-state index in [4.69, 9.17) is 4.74 Å². The summed E-state index contributed by atoms with van der Waals surface area (Å²) in [5.41, 5.74) is 1.21. The van der Waals surface area contributed by atoms with Gasteiger partial charge in [0.1, 0.15) is 0 Å². The minimum Gasteiger partial charge on any atom is -0.449 e. The van der Waals surface area contributed by atoms with Crippen molar-refractivity contribution in [2.24, 2.45) is 0 Å². The Morgan fingerprint density at radius 2 is 1.83 bits per heavy atom. The number of hydrogen-bond acceptors (Lipinski definition) is 5. The zero-order chi connectivity index (χ0) is 16.6. The molecular weight excluding hydrogens is 334 g/mol. The Kier molecular flexibility index (Phi) is 4.08. The Hall–Kier alpha value is -1.99. The van der Waals surface area contributed by atoms with Crippen LogP contribution in [-0.2, 0) is 14.6 Å². The molecule has 0 unspecified atom stereocenters. The number of sulfone groups is 1. The SMILES string of the molecule is CCOC(=O)N1c2ccccc2Sc2ccc(S(C)(=O)=O)cc21. The zero-order valence-electron chi connectivity index (χ0n) is 12.6. The van der Waals surface area contributed by atoms with Crippen LogP contribution < -0.4 is 4.90 Å². The molecule has 7 heteroatoms. The summed E-state index contributed by atoms with van der Waals surface area (Å²) in [4.78, 5) is 15.8. The fourth-order valence-electron chi connectivity index (χ4n) is 2.35. The highest BCUT2D eigenvalue weighted by Gasteiger charge is 2.30. The van der Waals surface area contributed by atoms with E-state index in [0.717, 1.165) is 16.0 Å². The average Bonchev–Trinajstić information content (AvgIpc) is 2.51. The van der Waals surface area contributed by atoms with Crippen molar-refractivity contribution in [3.05, 3.63) is 42.5 Å². The first-order chi connectivity index (χ1) is 10.9. The lowest BCUT2D eigenvalue weighted by Crippen LogP contribution is -2.29. The van der Waals surface area contributed by atoms with Gasteiger partial charge in [0.05, 0.1) is 22.9 Å². The number of fused-ring (bicyclic) bond motifs is 2. The molecule has 0 saturated carbocycles. The first-order valence-electron chi connectivity index (χ1n) is 6.99. The number of benzene rings is 2. The molecule has 1 aliphatic rings. The highest BCUT2D eigenvalue weighted by Crippen LogP contribution is 2.48. The molecule has 0 radical (unpaired) electrons. The largest absolute Gasteiger partial charge is 0.449 e. The number of amides is 1. The van der Waals surface area contributed by atoms with Crippen LogP contribution in [0, 0.1) is 0 Å². The number of rotatable bonds is 2. The van der Waals surface area contributed by atoms with Crippen LogP contribution in [0.4, 0.5) is 16.2 Å². The van der Waals surface area contributed by atoms with E-state index >= 15 is 0 Å². The first kappa shape index (κ1) is 15.9. The van der Waals surface area contributed by atoms with Crippen molar-refractivity contribution in [3.8, 4) is 0 Å². The third kappa shape index (κ3) is 2.94. The van der Waals surface area contributed by atoms with Gasteiger partial charge in [-0.25, -0.2) is 18.1 Å². The van der Waals surface area contributed by atoms with Gasteiger partial charge in [-0.15, -0.1) is 0 Å². The van der Waals surface area contributed by atoms with Crippen LogP contribution in [0.25, 0.3) is 0 Å². The molecule has 0 aliphatic carbocycles. The maximum Gasteiger partial charge on any atom is 0.419 e. The lowest BCUT2D eigenvalue weighted by atomic mass is 10.2. The second-order valence-electron chi connectivity index (χ2n) is 5.01. The lowest BCUT2D eigenvalue weighted by Gasteiger charge is -2.30. The molecule has 1 heterocycles. The Bertz CT molecular complexity index is 877. The monoisotopic (exact) mass is 349 g/mol. The fraction of sp³-hybridized carbons (Fsp3) is 0.188. The number of hydrogen-bond donors (Lipinski definition) is 0. The fourth-order valence-corrected chi connectivity index (χ4v) is 4.03. The van der Waals surface area contributed by atoms with Crippen molar-refractivity contribution in [3.63, 3.8) is 0 Å². The number of ether oxygens (including phenoxy) is 1. The van der Waals surface area contributed by atoms with Crippen LogP contribution in [0.1, 0.15) is 6.92 Å². The average molecular weight is 349 g/mol. The molecule has 0 bridgehead atoms. The van der Waals surface area contributed by atoms with Crippen LogP contribution in [0.2, 0.25) is 0 Å². The number of para-hydroxylation sites is 1. The summed E-state index contributed by atoms with van der Waals surface area (Å²) in [6.45, 7) is 1.97. The Morgan fingerprint density at radius 1 is 1.13 bits per heavy atom. The van der Waals surface area contributed by atoms with Crippen molar-refractivity contribution >= 4 is 39.1 Å². The normalized spacial score (nSPS) is 13.2. The minimum absolute atomic E-state index is 0.172. The number of carbonyl (C=O) groups is 1. The van der Waals surface area contributed by atoms with Crippen LogP contribution in [0.3, 0.4) is 0 Å². The molecule has 0 atom stereocenters. The summed E-state index contributed by atoms with van der Waals surface area (Å²) in [6.07, 6.45) is 0.625. The Labute approximate surface area is 139 Å². The van der Waals surface area contributed by atoms with Crippen LogP contribution in [0.5, 0.6) is 0 Å². The standard InChI is InChI=1S/C16H15NO4S2/c1-3-21-16(18)17-12-6-4-5-7-14(12)22-15-9-8-11(10-13(15)17)23(2,19)20/h4-10H,3H2,1-2H3. The molecule has 1 aliphatic heterocycles. The number of nitrogens with zero attached hydrogens (tertiary/aromatic N) is 1. The van der Waals surface area contributed by atoms with Gasteiger partial charge in [-0.05, 0) is 37.3 Å². The number of carbonyl (C=O) groups excluding carboxylic acids is 1. The molecular formula is C16H15NO4S2. The van der Waals surface area contributed by atoms with Gasteiger partial charge in [-0.1, -0.05) is 23.9 Å². The smallest absolute Gasteiger partial charge is 0.419 e. The Morgan fingerprint density at radius 3 is 2.52 bits per heavy atom. The van der Waals surface area contributed by atoms with Crippen molar-refractivity contribution in [2.45, 2.75) is 21.6 Å². The predicted molar refractivity (Wildman–Crippen MR) is 89.3 cm³/mol. The summed E-state index contributed by atoms with van der Waals surface area (Å²) in [7, 11) is -3.36. The molecule has 2 aromatic carbocycles. The molecule has 0 aromatic heterocycles. The van der Waals surface area contributed by atoms with Gasteiger partial charge >= 0.3 is 6.09 Å². The molecule has 5 nitrogen and oxygen atoms in total. The van der Waals surface area contributed by atoms with E-state index in [0.29, 0.717) is 11.4 Å². The second kappa shape index (κ2) is 5.90. The summed E-state index contributed by atoms with van der Waals surface area (Å²) < 4.78 is 28.8. The molecule has 3 rings (SSSR count). The van der Waals surface area contributed by atoms with Crippen LogP contribution in [0.15, 0.2) is 57.2 Å². The quantitative estimate of drug-likeness (QED) is 0.824. The van der Waals surface area contributed by atoms with Crippen molar-refractivity contribution in [1.82, 2.24) is 0 Å². The lowest BCUT2D eigenvalue weighted by molar-refractivity contribution is 0.162. The van der Waals surface area contributed by atoms with Gasteiger partial charge in [-0.2, -0.15) is 0 Å². The minimum atomic E-state index is -3.36. The van der Waals surface area contributed by atoms with E-state index < -0.39 is 15.9 Å². The molecule has 1 amide bonds. The molecule has 0 saturated heterocycles. The van der Waals surface area contributed by atoms with Gasteiger partial charge in [0, 0.05) is 16.0 Å². The van der Waals surface area contributed by atoms with E-state index in [9.17, 15) is 13.2 Å². The van der Waals surface area contributed by atoms with Gasteiger partial charge in [0.15, 0.2) is 9.84 Å². The van der Waals surface area contributed by atoms with E-state index in [1.54, 1.807) is 19.1 Å². The Balaban J connectivity index is 2.20. The van der Waals surface area contributed by atoms with Crippen molar-refractivity contribution in [1.29, 1.82) is 0 Å². The third-order valence-corrected chi connectivity index (χ3v) is 5.62. The molecule has 23 heavy (non-hydrogen) atoms. The van der Waals surface area contributed by atoms with Gasteiger partial charge in [0.2, 0.25) is 0 Å². The van der Waals surface area contributed by atoms with E-state index in [2.05, 4.69) is 0 Å². The molecule has 2 aromatic rings. The van der Waals surface area contributed by atoms with Crippen LogP contribution >= 0.6 is 11.8 Å². The summed E-state index contributed by atoms with van der Waals surface area (Å²) in [5.74, 6) is 0. The van der Waals surface area contributed by atoms with E-state index in [1.807, 2.05) is 24.3 Å². The van der Waals surface area contributed by atoms with Gasteiger partial charge < -0.3 is 4.74 Å². The summed E-state index contributed by atoms with van der Waals surface area (Å²) in [6, 6.07) is 12.2. The van der Waals surface area contributed by atoms with Crippen LogP contribution in [-0.4, -0.2) is 27.4 Å². The zero-order valence-corrected chi connectivity index (χ0v) is 14.3. The molecule has 120 valence electrons. The van der Waals surface area contributed by atoms with Crippen molar-refractivity contribution < 1.29 is 17.9 Å².